The number of methoxy groups -OCH3 is 1. The first-order valence-electron chi connectivity index (χ1n) is 8.81. The van der Waals surface area contributed by atoms with Gasteiger partial charge in [0.2, 0.25) is 6.79 Å². The summed E-state index contributed by atoms with van der Waals surface area (Å²) in [5, 5.41) is 1.18. The summed E-state index contributed by atoms with van der Waals surface area (Å²) in [6.45, 7) is 0.256. The van der Waals surface area contributed by atoms with E-state index in [1.54, 1.807) is 0 Å². The molecule has 1 aliphatic carbocycles. The normalized spacial score (nSPS) is 20.8. The molecular weight excluding hydrogens is 330 g/mol. The Labute approximate surface area is 150 Å². The molecular formula is C21H19NO4. The zero-order valence-corrected chi connectivity index (χ0v) is 14.5. The lowest BCUT2D eigenvalue weighted by Crippen LogP contribution is -2.26. The largest absolute Gasteiger partial charge is 0.469 e. The van der Waals surface area contributed by atoms with Crippen molar-refractivity contribution in [3.63, 3.8) is 0 Å². The van der Waals surface area contributed by atoms with Gasteiger partial charge in [-0.2, -0.15) is 0 Å². The third kappa shape index (κ3) is 2.27. The van der Waals surface area contributed by atoms with E-state index < -0.39 is 0 Å². The van der Waals surface area contributed by atoms with Gasteiger partial charge in [0.15, 0.2) is 11.5 Å². The number of carbonyl (C=O) groups is 1. The molecule has 0 saturated heterocycles. The van der Waals surface area contributed by atoms with E-state index in [9.17, 15) is 4.79 Å². The van der Waals surface area contributed by atoms with Crippen LogP contribution >= 0.6 is 0 Å². The molecule has 5 heteroatoms. The Hall–Kier alpha value is -2.95. The standard InChI is InChI=1S/C21H19NO4/c1-24-21(23)13-8-15(12-6-7-18-19(10-12)26-11-25-18)20-16(9-13)14-4-2-3-5-17(14)22-20/h2-7,10,13,15,22H,8-9,11H2,1H3/t13-,15+/m0/s1. The van der Waals surface area contributed by atoms with Gasteiger partial charge in [-0.05, 0) is 42.2 Å². The first-order valence-corrected chi connectivity index (χ1v) is 8.81. The number of para-hydroxylation sites is 1. The third-order valence-electron chi connectivity index (χ3n) is 5.50. The molecule has 0 bridgehead atoms. The van der Waals surface area contributed by atoms with Crippen LogP contribution in [0.2, 0.25) is 0 Å². The Bertz CT molecular complexity index is 1010. The van der Waals surface area contributed by atoms with E-state index in [4.69, 9.17) is 14.2 Å². The van der Waals surface area contributed by atoms with Crippen LogP contribution in [-0.2, 0) is 16.0 Å². The molecule has 132 valence electrons. The molecule has 2 heterocycles. The summed E-state index contributed by atoms with van der Waals surface area (Å²) in [6.07, 6.45) is 1.42. The molecule has 1 aromatic heterocycles. The molecule has 0 spiro atoms. The number of esters is 1. The molecule has 0 fully saturated rings. The number of aromatic nitrogens is 1. The summed E-state index contributed by atoms with van der Waals surface area (Å²) in [4.78, 5) is 15.9. The minimum atomic E-state index is -0.151. The van der Waals surface area contributed by atoms with Crippen molar-refractivity contribution in [2.75, 3.05) is 13.9 Å². The van der Waals surface area contributed by atoms with Crippen LogP contribution in [0.5, 0.6) is 11.5 Å². The number of aromatic amines is 1. The van der Waals surface area contributed by atoms with E-state index in [-0.39, 0.29) is 24.6 Å². The number of carbonyl (C=O) groups excluding carboxylic acids is 1. The van der Waals surface area contributed by atoms with Gasteiger partial charge in [-0.3, -0.25) is 4.79 Å². The number of fused-ring (bicyclic) bond motifs is 4. The summed E-state index contributed by atoms with van der Waals surface area (Å²) in [7, 11) is 1.46. The quantitative estimate of drug-likeness (QED) is 0.716. The molecule has 1 N–H and O–H groups in total. The van der Waals surface area contributed by atoms with Crippen molar-refractivity contribution in [3.8, 4) is 11.5 Å². The molecule has 1 aliphatic heterocycles. The van der Waals surface area contributed by atoms with Crippen LogP contribution in [0.15, 0.2) is 42.5 Å². The Morgan fingerprint density at radius 2 is 2.00 bits per heavy atom. The highest BCUT2D eigenvalue weighted by molar-refractivity contribution is 5.86. The van der Waals surface area contributed by atoms with Gasteiger partial charge in [-0.25, -0.2) is 0 Å². The van der Waals surface area contributed by atoms with Gasteiger partial charge in [0.1, 0.15) is 0 Å². The fourth-order valence-electron chi connectivity index (χ4n) is 4.25. The van der Waals surface area contributed by atoms with E-state index >= 15 is 0 Å². The number of benzene rings is 2. The molecule has 2 aromatic carbocycles. The highest BCUT2D eigenvalue weighted by Gasteiger charge is 2.35. The number of rotatable bonds is 2. The van der Waals surface area contributed by atoms with Gasteiger partial charge >= 0.3 is 5.97 Å². The predicted molar refractivity (Wildman–Crippen MR) is 96.5 cm³/mol. The topological polar surface area (TPSA) is 60.6 Å². The van der Waals surface area contributed by atoms with Crippen LogP contribution in [0.4, 0.5) is 0 Å². The van der Waals surface area contributed by atoms with Crippen molar-refractivity contribution in [2.24, 2.45) is 5.92 Å². The van der Waals surface area contributed by atoms with Gasteiger partial charge in [0, 0.05) is 22.5 Å². The zero-order valence-electron chi connectivity index (χ0n) is 14.5. The fourth-order valence-corrected chi connectivity index (χ4v) is 4.25. The van der Waals surface area contributed by atoms with E-state index in [0.717, 1.165) is 22.6 Å². The summed E-state index contributed by atoms with van der Waals surface area (Å²) < 4.78 is 16.0. The van der Waals surface area contributed by atoms with Gasteiger partial charge in [-0.1, -0.05) is 24.3 Å². The maximum atomic E-state index is 12.3. The van der Waals surface area contributed by atoms with Crippen LogP contribution in [0.1, 0.15) is 29.2 Å². The maximum Gasteiger partial charge on any atom is 0.309 e. The predicted octanol–water partition coefficient (Wildman–Crippen LogP) is 3.76. The molecule has 3 aromatic rings. The van der Waals surface area contributed by atoms with Crippen LogP contribution in [0, 0.1) is 5.92 Å². The van der Waals surface area contributed by atoms with E-state index in [1.165, 1.54) is 23.8 Å². The Balaban J connectivity index is 1.65. The van der Waals surface area contributed by atoms with Crippen molar-refractivity contribution in [3.05, 3.63) is 59.3 Å². The average molecular weight is 349 g/mol. The Morgan fingerprint density at radius 1 is 1.15 bits per heavy atom. The molecule has 0 unspecified atom stereocenters. The molecule has 2 atom stereocenters. The molecule has 26 heavy (non-hydrogen) atoms. The van der Waals surface area contributed by atoms with Gasteiger partial charge in [0.05, 0.1) is 13.0 Å². The summed E-state index contributed by atoms with van der Waals surface area (Å²) >= 11 is 0. The monoisotopic (exact) mass is 349 g/mol. The second kappa shape index (κ2) is 5.80. The minimum Gasteiger partial charge on any atom is -0.469 e. The van der Waals surface area contributed by atoms with Gasteiger partial charge in [0.25, 0.3) is 0 Å². The molecule has 5 nitrogen and oxygen atoms in total. The second-order valence-electron chi connectivity index (χ2n) is 6.89. The van der Waals surface area contributed by atoms with Crippen LogP contribution in [0.3, 0.4) is 0 Å². The van der Waals surface area contributed by atoms with Crippen molar-refractivity contribution >= 4 is 16.9 Å². The van der Waals surface area contributed by atoms with Crippen molar-refractivity contribution in [2.45, 2.75) is 18.8 Å². The van der Waals surface area contributed by atoms with E-state index in [0.29, 0.717) is 12.8 Å². The molecule has 2 aliphatic rings. The first kappa shape index (κ1) is 15.3. The third-order valence-corrected chi connectivity index (χ3v) is 5.50. The van der Waals surface area contributed by atoms with Crippen molar-refractivity contribution in [1.82, 2.24) is 4.98 Å². The number of hydrogen-bond donors (Lipinski definition) is 1. The Morgan fingerprint density at radius 3 is 2.88 bits per heavy atom. The number of nitrogens with one attached hydrogen (secondary N) is 1. The van der Waals surface area contributed by atoms with Crippen molar-refractivity contribution in [1.29, 1.82) is 0 Å². The molecule has 0 saturated carbocycles. The zero-order chi connectivity index (χ0) is 17.7. The summed E-state index contributed by atoms with van der Waals surface area (Å²) in [5.41, 5.74) is 4.62. The van der Waals surface area contributed by atoms with Gasteiger partial charge < -0.3 is 19.2 Å². The first-order chi connectivity index (χ1) is 12.7. The number of hydrogen-bond acceptors (Lipinski definition) is 4. The lowest BCUT2D eigenvalue weighted by Gasteiger charge is -2.28. The smallest absolute Gasteiger partial charge is 0.309 e. The van der Waals surface area contributed by atoms with Crippen LogP contribution in [-0.4, -0.2) is 24.9 Å². The lowest BCUT2D eigenvalue weighted by atomic mass is 9.76. The Kier molecular flexibility index (Phi) is 3.42. The SMILES string of the molecule is COC(=O)[C@@H]1Cc2c([nH]c3ccccc23)[C@@H](c2ccc3c(c2)OCO3)C1. The molecule has 0 amide bonds. The second-order valence-corrected chi connectivity index (χ2v) is 6.89. The van der Waals surface area contributed by atoms with Crippen LogP contribution in [0.25, 0.3) is 10.9 Å². The fraction of sp³-hybridized carbons (Fsp3) is 0.286. The van der Waals surface area contributed by atoms with Gasteiger partial charge in [-0.15, -0.1) is 0 Å². The number of ether oxygens (including phenoxy) is 3. The summed E-state index contributed by atoms with van der Waals surface area (Å²) in [6, 6.07) is 14.3. The highest BCUT2D eigenvalue weighted by atomic mass is 16.7. The van der Waals surface area contributed by atoms with Crippen molar-refractivity contribution < 1.29 is 19.0 Å². The lowest BCUT2D eigenvalue weighted by molar-refractivity contribution is -0.145. The molecule has 5 rings (SSSR count). The maximum absolute atomic E-state index is 12.3. The number of H-pyrrole nitrogens is 1. The average Bonchev–Trinajstić information content (AvgIpc) is 3.30. The molecule has 0 radical (unpaired) electrons. The van der Waals surface area contributed by atoms with Crippen LogP contribution < -0.4 is 9.47 Å². The van der Waals surface area contributed by atoms with E-state index in [2.05, 4.69) is 23.2 Å². The van der Waals surface area contributed by atoms with E-state index in [1.807, 2.05) is 24.3 Å². The highest BCUT2D eigenvalue weighted by Crippen LogP contribution is 2.44. The minimum absolute atomic E-state index is 0.0877. The summed E-state index contributed by atoms with van der Waals surface area (Å²) in [5.74, 6) is 1.32.